The van der Waals surface area contributed by atoms with E-state index in [0.717, 1.165) is 19.4 Å². The molecule has 0 aliphatic heterocycles. The third-order valence-electron chi connectivity index (χ3n) is 5.14. The lowest BCUT2D eigenvalue weighted by molar-refractivity contribution is 0.326. The number of fused-ring (bicyclic) bond motifs is 1. The van der Waals surface area contributed by atoms with Gasteiger partial charge >= 0.3 is 0 Å². The Bertz CT molecular complexity index is 1020. The largest absolute Gasteiger partial charge is 0.493 e. The third kappa shape index (κ3) is 3.01. The van der Waals surface area contributed by atoms with E-state index in [9.17, 15) is 4.79 Å². The van der Waals surface area contributed by atoms with Gasteiger partial charge in [-0.05, 0) is 25.0 Å². The summed E-state index contributed by atoms with van der Waals surface area (Å²) in [6, 6.07) is 3.57. The Kier molecular flexibility index (Phi) is 4.25. The minimum absolute atomic E-state index is 0.0475. The van der Waals surface area contributed by atoms with Crippen LogP contribution in [0.1, 0.15) is 12.8 Å². The fraction of sp³-hybridized carbons (Fsp3) is 0.421. The molecule has 0 unspecified atom stereocenters. The zero-order valence-electron chi connectivity index (χ0n) is 15.6. The van der Waals surface area contributed by atoms with Gasteiger partial charge in [-0.2, -0.15) is 5.10 Å². The van der Waals surface area contributed by atoms with Crippen LogP contribution in [0.25, 0.3) is 10.9 Å². The summed E-state index contributed by atoms with van der Waals surface area (Å²) in [5, 5.41) is 4.73. The first-order valence-corrected chi connectivity index (χ1v) is 8.76. The summed E-state index contributed by atoms with van der Waals surface area (Å²) >= 11 is 0. The van der Waals surface area contributed by atoms with Crippen molar-refractivity contribution in [2.75, 3.05) is 21.3 Å². The van der Waals surface area contributed by atoms with E-state index in [1.165, 1.54) is 21.3 Å². The maximum absolute atomic E-state index is 13.1. The van der Waals surface area contributed by atoms with E-state index < -0.39 is 0 Å². The van der Waals surface area contributed by atoms with Crippen LogP contribution in [0.3, 0.4) is 0 Å². The SMILES string of the molecule is COc1cc2c(=O)n(CC3(Cn4cccn4)CC3)cnc2c(OC)c1OC. The summed E-state index contributed by atoms with van der Waals surface area (Å²) in [6.07, 6.45) is 7.43. The Morgan fingerprint density at radius 2 is 1.89 bits per heavy atom. The normalized spacial score (nSPS) is 14.9. The van der Waals surface area contributed by atoms with Gasteiger partial charge in [0.2, 0.25) is 5.75 Å². The highest BCUT2D eigenvalue weighted by atomic mass is 16.5. The molecule has 1 aliphatic rings. The van der Waals surface area contributed by atoms with Gasteiger partial charge < -0.3 is 14.2 Å². The summed E-state index contributed by atoms with van der Waals surface area (Å²) in [5.41, 5.74) is 0.394. The van der Waals surface area contributed by atoms with Crippen molar-refractivity contribution in [1.82, 2.24) is 19.3 Å². The molecule has 2 aromatic heterocycles. The Labute approximate surface area is 156 Å². The van der Waals surface area contributed by atoms with Crippen molar-refractivity contribution in [3.8, 4) is 17.2 Å². The number of hydrogen-bond donors (Lipinski definition) is 0. The van der Waals surface area contributed by atoms with Gasteiger partial charge in [0.25, 0.3) is 5.56 Å². The van der Waals surface area contributed by atoms with Gasteiger partial charge in [0.15, 0.2) is 11.5 Å². The molecule has 0 atom stereocenters. The highest BCUT2D eigenvalue weighted by molar-refractivity contribution is 5.89. The molecule has 142 valence electrons. The Hall–Kier alpha value is -3.03. The molecule has 0 spiro atoms. The summed E-state index contributed by atoms with van der Waals surface area (Å²) in [4.78, 5) is 17.6. The van der Waals surface area contributed by atoms with Crippen molar-refractivity contribution in [2.24, 2.45) is 5.41 Å². The van der Waals surface area contributed by atoms with E-state index >= 15 is 0 Å². The first-order chi connectivity index (χ1) is 13.1. The number of hydrogen-bond acceptors (Lipinski definition) is 6. The molecule has 0 bridgehead atoms. The molecule has 0 N–H and O–H groups in total. The van der Waals surface area contributed by atoms with Crippen molar-refractivity contribution >= 4 is 10.9 Å². The van der Waals surface area contributed by atoms with Crippen LogP contribution < -0.4 is 19.8 Å². The molecule has 8 heteroatoms. The minimum Gasteiger partial charge on any atom is -0.493 e. The smallest absolute Gasteiger partial charge is 0.261 e. The van der Waals surface area contributed by atoms with Gasteiger partial charge in [0.05, 0.1) is 33.0 Å². The Morgan fingerprint density at radius 3 is 2.48 bits per heavy atom. The molecule has 8 nitrogen and oxygen atoms in total. The molecule has 1 saturated carbocycles. The lowest BCUT2D eigenvalue weighted by atomic mass is 10.1. The zero-order chi connectivity index (χ0) is 19.0. The van der Waals surface area contributed by atoms with Crippen LogP contribution in [0.2, 0.25) is 0 Å². The lowest BCUT2D eigenvalue weighted by Gasteiger charge is -2.18. The highest BCUT2D eigenvalue weighted by Crippen LogP contribution is 2.48. The van der Waals surface area contributed by atoms with Crippen LogP contribution in [-0.2, 0) is 13.1 Å². The first-order valence-electron chi connectivity index (χ1n) is 8.76. The van der Waals surface area contributed by atoms with Crippen molar-refractivity contribution in [3.63, 3.8) is 0 Å². The van der Waals surface area contributed by atoms with Crippen molar-refractivity contribution in [2.45, 2.75) is 25.9 Å². The van der Waals surface area contributed by atoms with Crippen molar-refractivity contribution < 1.29 is 14.2 Å². The van der Waals surface area contributed by atoms with Crippen LogP contribution in [-0.4, -0.2) is 40.7 Å². The topological polar surface area (TPSA) is 80.4 Å². The number of benzene rings is 1. The number of rotatable bonds is 7. The Morgan fingerprint density at radius 1 is 1.11 bits per heavy atom. The molecule has 0 amide bonds. The summed E-state index contributed by atoms with van der Waals surface area (Å²) < 4.78 is 19.8. The molecular formula is C19H22N4O4. The van der Waals surface area contributed by atoms with Gasteiger partial charge in [0, 0.05) is 30.9 Å². The van der Waals surface area contributed by atoms with E-state index in [1.807, 2.05) is 16.9 Å². The molecule has 1 aromatic carbocycles. The molecule has 0 saturated heterocycles. The highest BCUT2D eigenvalue weighted by Gasteiger charge is 2.43. The summed E-state index contributed by atoms with van der Waals surface area (Å²) in [7, 11) is 4.58. The van der Waals surface area contributed by atoms with E-state index in [-0.39, 0.29) is 11.0 Å². The second-order valence-electron chi connectivity index (χ2n) is 6.92. The Balaban J connectivity index is 1.75. The molecule has 1 fully saturated rings. The number of aromatic nitrogens is 4. The lowest BCUT2D eigenvalue weighted by Crippen LogP contribution is -2.27. The predicted molar refractivity (Wildman–Crippen MR) is 99.6 cm³/mol. The number of nitrogens with zero attached hydrogens (tertiary/aromatic N) is 4. The van der Waals surface area contributed by atoms with Crippen LogP contribution in [0.15, 0.2) is 35.6 Å². The van der Waals surface area contributed by atoms with Crippen LogP contribution in [0.5, 0.6) is 17.2 Å². The fourth-order valence-electron chi connectivity index (χ4n) is 3.52. The van der Waals surface area contributed by atoms with Crippen molar-refractivity contribution in [1.29, 1.82) is 0 Å². The average Bonchev–Trinajstić information content (AvgIpc) is 3.23. The summed E-state index contributed by atoms with van der Waals surface area (Å²) in [6.45, 7) is 1.39. The molecular weight excluding hydrogens is 348 g/mol. The molecule has 27 heavy (non-hydrogen) atoms. The van der Waals surface area contributed by atoms with E-state index in [4.69, 9.17) is 14.2 Å². The fourth-order valence-corrected chi connectivity index (χ4v) is 3.52. The molecule has 2 heterocycles. The molecule has 1 aliphatic carbocycles. The van der Waals surface area contributed by atoms with Gasteiger partial charge in [-0.1, -0.05) is 0 Å². The molecule has 0 radical (unpaired) electrons. The summed E-state index contributed by atoms with van der Waals surface area (Å²) in [5.74, 6) is 1.26. The van der Waals surface area contributed by atoms with Crippen LogP contribution >= 0.6 is 0 Å². The van der Waals surface area contributed by atoms with Gasteiger partial charge in [0.1, 0.15) is 5.52 Å². The first kappa shape index (κ1) is 17.4. The van der Waals surface area contributed by atoms with E-state index in [1.54, 1.807) is 23.2 Å². The third-order valence-corrected chi connectivity index (χ3v) is 5.14. The maximum atomic E-state index is 13.1. The van der Waals surface area contributed by atoms with Gasteiger partial charge in [-0.15, -0.1) is 0 Å². The average molecular weight is 370 g/mol. The minimum atomic E-state index is -0.119. The molecule has 4 rings (SSSR count). The van der Waals surface area contributed by atoms with Gasteiger partial charge in [-0.25, -0.2) is 4.98 Å². The predicted octanol–water partition coefficient (Wildman–Crippen LogP) is 2.10. The van der Waals surface area contributed by atoms with Crippen LogP contribution in [0, 0.1) is 5.41 Å². The van der Waals surface area contributed by atoms with Crippen LogP contribution in [0.4, 0.5) is 0 Å². The van der Waals surface area contributed by atoms with E-state index in [2.05, 4.69) is 10.1 Å². The quantitative estimate of drug-likeness (QED) is 0.634. The van der Waals surface area contributed by atoms with Gasteiger partial charge in [-0.3, -0.25) is 14.0 Å². The van der Waals surface area contributed by atoms with E-state index in [0.29, 0.717) is 34.7 Å². The standard InChI is InChI=1S/C19H22N4O4/c1-25-14-9-13-15(17(27-3)16(14)26-2)20-12-22(18(13)24)10-19(5-6-19)11-23-8-4-7-21-23/h4,7-9,12H,5-6,10-11H2,1-3H3. The maximum Gasteiger partial charge on any atom is 0.261 e. The van der Waals surface area contributed by atoms with Crippen molar-refractivity contribution in [3.05, 3.63) is 41.2 Å². The number of methoxy groups -OCH3 is 3. The monoisotopic (exact) mass is 370 g/mol. The molecule has 3 aromatic rings. The second-order valence-corrected chi connectivity index (χ2v) is 6.92. The number of ether oxygens (including phenoxy) is 3. The second kappa shape index (κ2) is 6.61. The zero-order valence-corrected chi connectivity index (χ0v) is 15.6.